The van der Waals surface area contributed by atoms with Gasteiger partial charge >= 0.3 is 0 Å². The largest absolute Gasteiger partial charge is 0.454 e. The fraction of sp³-hybridized carbons (Fsp3) is 0.130. The van der Waals surface area contributed by atoms with Gasteiger partial charge < -0.3 is 9.47 Å². The zero-order valence-corrected chi connectivity index (χ0v) is 19.1. The first-order valence-corrected chi connectivity index (χ1v) is 11.7. The van der Waals surface area contributed by atoms with E-state index in [9.17, 15) is 13.2 Å². The molecule has 33 heavy (non-hydrogen) atoms. The van der Waals surface area contributed by atoms with Gasteiger partial charge in [0.25, 0.3) is 15.9 Å². The molecule has 10 heteroatoms. The summed E-state index contributed by atoms with van der Waals surface area (Å²) in [7, 11) is -4.02. The smallest absolute Gasteiger partial charge is 0.264 e. The van der Waals surface area contributed by atoms with Gasteiger partial charge in [-0.05, 0) is 66.6 Å². The molecule has 8 nitrogen and oxygen atoms in total. The number of carbonyl (C=O) groups is 1. The van der Waals surface area contributed by atoms with Crippen molar-refractivity contribution in [3.8, 4) is 11.5 Å². The third-order valence-corrected chi connectivity index (χ3v) is 6.85. The van der Waals surface area contributed by atoms with Gasteiger partial charge in [-0.15, -0.1) is 0 Å². The average molecular weight is 486 g/mol. The van der Waals surface area contributed by atoms with Crippen molar-refractivity contribution in [2.75, 3.05) is 17.6 Å². The number of hydrogen-bond acceptors (Lipinski definition) is 6. The molecule has 170 valence electrons. The van der Waals surface area contributed by atoms with Crippen LogP contribution in [0.15, 0.2) is 76.7 Å². The minimum Gasteiger partial charge on any atom is -0.454 e. The maximum atomic E-state index is 13.4. The number of benzene rings is 3. The normalized spacial score (nSPS) is 12.7. The van der Waals surface area contributed by atoms with Crippen LogP contribution < -0.4 is 19.2 Å². The van der Waals surface area contributed by atoms with Crippen molar-refractivity contribution in [1.82, 2.24) is 5.43 Å². The molecule has 4 rings (SSSR count). The highest BCUT2D eigenvalue weighted by Crippen LogP contribution is 2.32. The van der Waals surface area contributed by atoms with Gasteiger partial charge in [0.2, 0.25) is 6.79 Å². The molecule has 3 aromatic carbocycles. The Morgan fingerprint density at radius 3 is 2.61 bits per heavy atom. The van der Waals surface area contributed by atoms with Crippen LogP contribution in [0.1, 0.15) is 11.1 Å². The van der Waals surface area contributed by atoms with Crippen LogP contribution in [0.3, 0.4) is 0 Å². The lowest BCUT2D eigenvalue weighted by Crippen LogP contribution is -2.40. The summed E-state index contributed by atoms with van der Waals surface area (Å²) in [5.74, 6) is 0.612. The number of amides is 1. The molecule has 1 aliphatic heterocycles. The molecule has 0 unspecified atom stereocenters. The van der Waals surface area contributed by atoms with E-state index < -0.39 is 22.5 Å². The zero-order chi connectivity index (χ0) is 23.4. The number of sulfonamides is 1. The van der Waals surface area contributed by atoms with Crippen molar-refractivity contribution in [1.29, 1.82) is 0 Å². The van der Waals surface area contributed by atoms with Crippen LogP contribution in [0.25, 0.3) is 0 Å². The molecule has 0 aromatic heterocycles. The summed E-state index contributed by atoms with van der Waals surface area (Å²) < 4.78 is 38.3. The summed E-state index contributed by atoms with van der Waals surface area (Å²) in [6.07, 6.45) is 1.43. The minimum atomic E-state index is -4.02. The molecule has 0 aliphatic carbocycles. The van der Waals surface area contributed by atoms with E-state index >= 15 is 0 Å². The number of hydrogen-bond donors (Lipinski definition) is 1. The quantitative estimate of drug-likeness (QED) is 0.406. The van der Waals surface area contributed by atoms with E-state index in [-0.39, 0.29) is 11.7 Å². The van der Waals surface area contributed by atoms with Crippen molar-refractivity contribution in [2.45, 2.75) is 11.8 Å². The number of anilines is 1. The molecule has 3 aromatic rings. The summed E-state index contributed by atoms with van der Waals surface area (Å²) in [6.45, 7) is 1.41. The Morgan fingerprint density at radius 1 is 1.09 bits per heavy atom. The summed E-state index contributed by atoms with van der Waals surface area (Å²) in [5.41, 5.74) is 4.02. The molecule has 0 saturated heterocycles. The van der Waals surface area contributed by atoms with Gasteiger partial charge in [-0.2, -0.15) is 5.10 Å². The molecule has 0 radical (unpaired) electrons. The number of ether oxygens (including phenoxy) is 2. The van der Waals surface area contributed by atoms with Crippen LogP contribution in [0.2, 0.25) is 5.02 Å². The molecule has 1 N–H and O–H groups in total. The minimum absolute atomic E-state index is 0.0658. The van der Waals surface area contributed by atoms with Gasteiger partial charge in [0, 0.05) is 5.02 Å². The van der Waals surface area contributed by atoms with E-state index in [0.29, 0.717) is 33.3 Å². The fourth-order valence-corrected chi connectivity index (χ4v) is 4.99. The maximum Gasteiger partial charge on any atom is 0.264 e. The van der Waals surface area contributed by atoms with E-state index in [1.165, 1.54) is 18.3 Å². The van der Waals surface area contributed by atoms with Crippen molar-refractivity contribution in [3.05, 3.63) is 82.9 Å². The monoisotopic (exact) mass is 485 g/mol. The van der Waals surface area contributed by atoms with Crippen molar-refractivity contribution in [3.63, 3.8) is 0 Å². The number of nitrogens with one attached hydrogen (secondary N) is 1. The van der Waals surface area contributed by atoms with Gasteiger partial charge in [-0.3, -0.25) is 9.10 Å². The summed E-state index contributed by atoms with van der Waals surface area (Å²) in [4.78, 5) is 12.7. The van der Waals surface area contributed by atoms with Crippen LogP contribution in [0.5, 0.6) is 11.5 Å². The van der Waals surface area contributed by atoms with E-state index in [1.54, 1.807) is 61.5 Å². The topological polar surface area (TPSA) is 97.3 Å². The van der Waals surface area contributed by atoms with Crippen LogP contribution in [-0.4, -0.2) is 33.9 Å². The maximum absolute atomic E-state index is 13.4. The molecule has 0 saturated carbocycles. The Balaban J connectivity index is 1.55. The molecule has 1 heterocycles. The first-order valence-electron chi connectivity index (χ1n) is 9.90. The van der Waals surface area contributed by atoms with Crippen LogP contribution in [0.4, 0.5) is 5.69 Å². The second kappa shape index (κ2) is 9.51. The lowest BCUT2D eigenvalue weighted by molar-refractivity contribution is -0.119. The lowest BCUT2D eigenvalue weighted by Gasteiger charge is -2.25. The number of nitrogens with zero attached hydrogens (tertiary/aromatic N) is 2. The van der Waals surface area contributed by atoms with E-state index in [0.717, 1.165) is 4.31 Å². The lowest BCUT2D eigenvalue weighted by atomic mass is 10.2. The second-order valence-electron chi connectivity index (χ2n) is 7.16. The Morgan fingerprint density at radius 2 is 1.85 bits per heavy atom. The van der Waals surface area contributed by atoms with Crippen molar-refractivity contribution < 1.29 is 22.7 Å². The number of hydrazone groups is 1. The van der Waals surface area contributed by atoms with E-state index in [2.05, 4.69) is 10.5 Å². The van der Waals surface area contributed by atoms with Gasteiger partial charge in [-0.1, -0.05) is 29.8 Å². The number of halogens is 1. The zero-order valence-electron chi connectivity index (χ0n) is 17.6. The predicted molar refractivity (Wildman–Crippen MR) is 125 cm³/mol. The summed E-state index contributed by atoms with van der Waals surface area (Å²) in [6, 6.07) is 17.9. The van der Waals surface area contributed by atoms with Crippen LogP contribution in [0, 0.1) is 6.92 Å². The number of rotatable bonds is 7. The van der Waals surface area contributed by atoms with Gasteiger partial charge in [0.05, 0.1) is 16.8 Å². The Kier molecular flexibility index (Phi) is 6.52. The van der Waals surface area contributed by atoms with Crippen molar-refractivity contribution >= 4 is 39.4 Å². The van der Waals surface area contributed by atoms with Gasteiger partial charge in [0.1, 0.15) is 6.54 Å². The molecular formula is C23H20ClN3O5S. The predicted octanol–water partition coefficient (Wildman–Crippen LogP) is 3.72. The molecule has 0 fully saturated rings. The summed E-state index contributed by atoms with van der Waals surface area (Å²) in [5, 5.41) is 4.41. The fourth-order valence-electron chi connectivity index (χ4n) is 3.26. The molecular weight excluding hydrogens is 466 g/mol. The number of carbonyl (C=O) groups excluding carboxylic acids is 1. The van der Waals surface area contributed by atoms with Gasteiger partial charge in [0.15, 0.2) is 11.5 Å². The molecule has 0 bridgehead atoms. The number of aryl methyl sites for hydroxylation is 1. The standard InChI is InChI=1S/C23H20ClN3O5S/c1-16-11-18(24)8-9-20(16)27(33(29,30)19-5-3-2-4-6-19)14-23(28)26-25-13-17-7-10-21-22(12-17)32-15-31-21/h2-13H,14-15H2,1H3,(H,26,28)/b25-13-. The average Bonchev–Trinajstić information content (AvgIpc) is 3.26. The Hall–Kier alpha value is -3.56. The molecule has 0 spiro atoms. The molecule has 0 atom stereocenters. The number of fused-ring (bicyclic) bond motifs is 1. The first kappa shape index (κ1) is 22.6. The molecule has 1 amide bonds. The van der Waals surface area contributed by atoms with Crippen molar-refractivity contribution in [2.24, 2.45) is 5.10 Å². The van der Waals surface area contributed by atoms with Gasteiger partial charge in [-0.25, -0.2) is 13.8 Å². The Labute approximate surface area is 196 Å². The molecule has 1 aliphatic rings. The van der Waals surface area contributed by atoms with E-state index in [1.807, 2.05) is 0 Å². The second-order valence-corrected chi connectivity index (χ2v) is 9.46. The SMILES string of the molecule is Cc1cc(Cl)ccc1N(CC(=O)N/N=C\c1ccc2c(c1)OCO2)S(=O)(=O)c1ccccc1. The van der Waals surface area contributed by atoms with Crippen LogP contribution >= 0.6 is 11.6 Å². The third kappa shape index (κ3) is 5.10. The highest BCUT2D eigenvalue weighted by molar-refractivity contribution is 7.92. The first-order chi connectivity index (χ1) is 15.8. The van der Waals surface area contributed by atoms with E-state index in [4.69, 9.17) is 21.1 Å². The highest BCUT2D eigenvalue weighted by Gasteiger charge is 2.28. The summed E-state index contributed by atoms with van der Waals surface area (Å²) >= 11 is 6.04. The third-order valence-electron chi connectivity index (χ3n) is 4.85. The van der Waals surface area contributed by atoms with Crippen LogP contribution in [-0.2, 0) is 14.8 Å². The highest BCUT2D eigenvalue weighted by atomic mass is 35.5. The Bertz CT molecular complexity index is 1310.